The number of amides is 1. The molecular formula is C34H59NO4. The lowest BCUT2D eigenvalue weighted by Crippen LogP contribution is -2.62. The van der Waals surface area contributed by atoms with Crippen LogP contribution in [0.15, 0.2) is 0 Å². The van der Waals surface area contributed by atoms with Crippen molar-refractivity contribution in [2.45, 2.75) is 151 Å². The molecule has 224 valence electrons. The molecule has 0 aromatic carbocycles. The Hall–Kier alpha value is -1.26. The van der Waals surface area contributed by atoms with Gasteiger partial charge in [-0.15, -0.1) is 0 Å². The Kier molecular flexibility index (Phi) is 9.09. The van der Waals surface area contributed by atoms with Gasteiger partial charge in [-0.1, -0.05) is 53.9 Å². The highest BCUT2D eigenvalue weighted by Gasteiger charge is 2.63. The van der Waals surface area contributed by atoms with Crippen molar-refractivity contribution in [2.24, 2.45) is 52.3 Å². The first-order valence-electron chi connectivity index (χ1n) is 16.3. The molecule has 0 radical (unpaired) electrons. The maximum atomic E-state index is 13.2. The Morgan fingerprint density at radius 1 is 0.923 bits per heavy atom. The Balaban J connectivity index is 1.59. The maximum absolute atomic E-state index is 13.2. The molecular weight excluding hydrogens is 486 g/mol. The number of esters is 1. The van der Waals surface area contributed by atoms with Gasteiger partial charge in [0.05, 0.1) is 0 Å². The summed E-state index contributed by atoms with van der Waals surface area (Å²) in [5.41, 5.74) is 0.0863. The van der Waals surface area contributed by atoms with Crippen molar-refractivity contribution in [3.63, 3.8) is 0 Å². The van der Waals surface area contributed by atoms with E-state index in [4.69, 9.17) is 9.47 Å². The predicted octanol–water partition coefficient (Wildman–Crippen LogP) is 8.54. The van der Waals surface area contributed by atoms with E-state index < -0.39 is 5.60 Å². The number of alkyl carbamates (subject to hydrolysis) is 1. The van der Waals surface area contributed by atoms with Gasteiger partial charge < -0.3 is 14.8 Å². The standard InChI is InChI=1S/C34H59NO4/c1-21(2)11-10-12-22(3)26-13-14-27-30-28(16-18-34(26,27)9)33(8)17-15-25(38-23(4)36)19-24(33)20-29(30)35-31(37)39-32(5,6)7/h21-22,24-30H,10-20H2,1-9H3,(H,35,37)/t22-,24-,25+,26-,27+,28+,29-,30+,33+,34-/m1/s1. The second-order valence-electron chi connectivity index (χ2n) is 16.0. The summed E-state index contributed by atoms with van der Waals surface area (Å²) >= 11 is 0. The van der Waals surface area contributed by atoms with Crippen LogP contribution in [0.4, 0.5) is 4.79 Å². The smallest absolute Gasteiger partial charge is 0.407 e. The lowest BCUT2D eigenvalue weighted by atomic mass is 9.43. The molecule has 5 nitrogen and oxygen atoms in total. The number of ether oxygens (including phenoxy) is 2. The Morgan fingerprint density at radius 2 is 1.59 bits per heavy atom. The molecule has 1 amide bonds. The van der Waals surface area contributed by atoms with E-state index in [1.54, 1.807) is 0 Å². The zero-order chi connectivity index (χ0) is 28.8. The van der Waals surface area contributed by atoms with Crippen LogP contribution in [0.3, 0.4) is 0 Å². The first-order chi connectivity index (χ1) is 18.1. The molecule has 4 saturated carbocycles. The van der Waals surface area contributed by atoms with Gasteiger partial charge >= 0.3 is 12.1 Å². The maximum Gasteiger partial charge on any atom is 0.407 e. The zero-order valence-electron chi connectivity index (χ0n) is 26.6. The van der Waals surface area contributed by atoms with Gasteiger partial charge in [-0.25, -0.2) is 4.79 Å². The fourth-order valence-corrected chi connectivity index (χ4v) is 10.2. The average molecular weight is 546 g/mol. The van der Waals surface area contributed by atoms with Crippen molar-refractivity contribution in [2.75, 3.05) is 0 Å². The van der Waals surface area contributed by atoms with Crippen molar-refractivity contribution >= 4 is 12.1 Å². The number of fused-ring (bicyclic) bond motifs is 5. The normalized spacial score (nSPS) is 40.7. The predicted molar refractivity (Wildman–Crippen MR) is 157 cm³/mol. The molecule has 0 unspecified atom stereocenters. The molecule has 4 aliphatic rings. The summed E-state index contributed by atoms with van der Waals surface area (Å²) in [6, 6.07) is 0.124. The monoisotopic (exact) mass is 545 g/mol. The van der Waals surface area contributed by atoms with Gasteiger partial charge in [-0.2, -0.15) is 0 Å². The van der Waals surface area contributed by atoms with E-state index in [1.165, 1.54) is 51.9 Å². The van der Waals surface area contributed by atoms with Crippen LogP contribution >= 0.6 is 0 Å². The molecule has 0 heterocycles. The van der Waals surface area contributed by atoms with Crippen LogP contribution < -0.4 is 5.32 Å². The zero-order valence-corrected chi connectivity index (χ0v) is 26.6. The summed E-state index contributed by atoms with van der Waals surface area (Å²) in [7, 11) is 0. The summed E-state index contributed by atoms with van der Waals surface area (Å²) < 4.78 is 11.5. The molecule has 4 aliphatic carbocycles. The highest BCUT2D eigenvalue weighted by molar-refractivity contribution is 5.68. The number of carbonyl (C=O) groups excluding carboxylic acids is 2. The van der Waals surface area contributed by atoms with Gasteiger partial charge in [0.25, 0.3) is 0 Å². The minimum absolute atomic E-state index is 0.00991. The summed E-state index contributed by atoms with van der Waals surface area (Å²) in [6.45, 7) is 19.7. The van der Waals surface area contributed by atoms with E-state index >= 15 is 0 Å². The van der Waals surface area contributed by atoms with Crippen molar-refractivity contribution < 1.29 is 19.1 Å². The summed E-state index contributed by atoms with van der Waals surface area (Å²) in [5, 5.41) is 3.43. The van der Waals surface area contributed by atoms with Crippen LogP contribution in [-0.2, 0) is 14.3 Å². The Morgan fingerprint density at radius 3 is 2.23 bits per heavy atom. The number of nitrogens with one attached hydrogen (secondary N) is 1. The Bertz CT molecular complexity index is 879. The molecule has 0 bridgehead atoms. The molecule has 0 aromatic rings. The lowest BCUT2D eigenvalue weighted by Gasteiger charge is -2.63. The fraction of sp³-hybridized carbons (Fsp3) is 0.941. The molecule has 5 heteroatoms. The van der Waals surface area contributed by atoms with Crippen LogP contribution in [0.1, 0.15) is 133 Å². The van der Waals surface area contributed by atoms with Crippen LogP contribution in [0.25, 0.3) is 0 Å². The second-order valence-corrected chi connectivity index (χ2v) is 16.0. The molecule has 0 aromatic heterocycles. The molecule has 0 spiro atoms. The number of rotatable bonds is 7. The third-order valence-corrected chi connectivity index (χ3v) is 11.9. The molecule has 10 atom stereocenters. The highest BCUT2D eigenvalue weighted by Crippen LogP contribution is 2.68. The summed E-state index contributed by atoms with van der Waals surface area (Å²) in [5.74, 6) is 4.35. The van der Waals surface area contributed by atoms with E-state index in [1.807, 2.05) is 20.8 Å². The van der Waals surface area contributed by atoms with E-state index in [-0.39, 0.29) is 29.6 Å². The Labute approximate surface area is 239 Å². The van der Waals surface area contributed by atoms with E-state index in [2.05, 4.69) is 39.9 Å². The van der Waals surface area contributed by atoms with Crippen LogP contribution in [0.5, 0.6) is 0 Å². The van der Waals surface area contributed by atoms with E-state index in [0.29, 0.717) is 29.1 Å². The molecule has 0 saturated heterocycles. The van der Waals surface area contributed by atoms with Crippen molar-refractivity contribution in [1.82, 2.24) is 5.32 Å². The number of carbonyl (C=O) groups is 2. The SMILES string of the molecule is CC(=O)O[C@H]1CC[C@@]2(C)[C@H](C1)C[C@@H](NC(=O)OC(C)(C)C)[C@@H]1[C@@H]2CC[C@]2(C)[C@@H]([C@H](C)CCCC(C)C)CC[C@@H]12. The first-order valence-corrected chi connectivity index (χ1v) is 16.3. The topological polar surface area (TPSA) is 64.6 Å². The van der Waals surface area contributed by atoms with Gasteiger partial charge in [0.15, 0.2) is 0 Å². The minimum atomic E-state index is -0.511. The number of hydrogen-bond acceptors (Lipinski definition) is 4. The van der Waals surface area contributed by atoms with Crippen molar-refractivity contribution in [3.8, 4) is 0 Å². The van der Waals surface area contributed by atoms with Gasteiger partial charge in [-0.3, -0.25) is 4.79 Å². The summed E-state index contributed by atoms with van der Waals surface area (Å²) in [4.78, 5) is 24.9. The second kappa shape index (κ2) is 11.6. The molecule has 4 rings (SSSR count). The van der Waals surface area contributed by atoms with Gasteiger partial charge in [0.1, 0.15) is 11.7 Å². The van der Waals surface area contributed by atoms with Crippen molar-refractivity contribution in [1.29, 1.82) is 0 Å². The van der Waals surface area contributed by atoms with Crippen molar-refractivity contribution in [3.05, 3.63) is 0 Å². The van der Waals surface area contributed by atoms with Crippen LogP contribution in [-0.4, -0.2) is 29.8 Å². The molecule has 39 heavy (non-hydrogen) atoms. The third-order valence-electron chi connectivity index (χ3n) is 11.9. The van der Waals surface area contributed by atoms with Gasteiger partial charge in [0.2, 0.25) is 0 Å². The minimum Gasteiger partial charge on any atom is -0.463 e. The molecule has 0 aliphatic heterocycles. The molecule has 1 N–H and O–H groups in total. The van der Waals surface area contributed by atoms with Crippen LogP contribution in [0, 0.1) is 52.3 Å². The first kappa shape index (κ1) is 30.7. The largest absolute Gasteiger partial charge is 0.463 e. The van der Waals surface area contributed by atoms with Gasteiger partial charge in [0, 0.05) is 13.0 Å². The quantitative estimate of drug-likeness (QED) is 0.326. The highest BCUT2D eigenvalue weighted by atomic mass is 16.6. The third kappa shape index (κ3) is 6.48. The fourth-order valence-electron chi connectivity index (χ4n) is 10.2. The lowest BCUT2D eigenvalue weighted by molar-refractivity contribution is -0.164. The summed E-state index contributed by atoms with van der Waals surface area (Å²) in [6.07, 6.45) is 12.9. The average Bonchev–Trinajstić information content (AvgIpc) is 3.15. The van der Waals surface area contributed by atoms with Gasteiger partial charge in [-0.05, 0) is 124 Å². The van der Waals surface area contributed by atoms with E-state index in [9.17, 15) is 9.59 Å². The van der Waals surface area contributed by atoms with E-state index in [0.717, 1.165) is 43.4 Å². The molecule has 4 fully saturated rings. The number of hydrogen-bond donors (Lipinski definition) is 1. The van der Waals surface area contributed by atoms with Crippen LogP contribution in [0.2, 0.25) is 0 Å².